The molecule has 0 unspecified atom stereocenters. The second kappa shape index (κ2) is 5.54. The molecule has 106 valence electrons. The minimum atomic E-state index is 0.150. The average Bonchev–Trinajstić information content (AvgIpc) is 2.84. The van der Waals surface area contributed by atoms with Gasteiger partial charge < -0.3 is 10.3 Å². The zero-order valence-electron chi connectivity index (χ0n) is 11.5. The fourth-order valence-electron chi connectivity index (χ4n) is 2.04. The minimum Gasteiger partial charge on any atom is -0.368 e. The van der Waals surface area contributed by atoms with Crippen LogP contribution in [0.5, 0.6) is 0 Å². The molecule has 2 N–H and O–H groups in total. The lowest BCUT2D eigenvalue weighted by atomic mass is 10.1. The van der Waals surface area contributed by atoms with Crippen LogP contribution in [-0.2, 0) is 6.54 Å². The smallest absolute Gasteiger partial charge is 0.223 e. The highest BCUT2D eigenvalue weighted by Gasteiger charge is 2.09. The maximum absolute atomic E-state index is 6.00. The van der Waals surface area contributed by atoms with Crippen molar-refractivity contribution in [2.24, 2.45) is 0 Å². The van der Waals surface area contributed by atoms with E-state index >= 15 is 0 Å². The third kappa shape index (κ3) is 2.87. The van der Waals surface area contributed by atoms with Gasteiger partial charge in [0, 0.05) is 6.54 Å². The molecule has 1 aromatic carbocycles. The summed E-state index contributed by atoms with van der Waals surface area (Å²) < 4.78 is 1.88. The van der Waals surface area contributed by atoms with Gasteiger partial charge in [-0.25, -0.2) is 4.98 Å². The van der Waals surface area contributed by atoms with Crippen molar-refractivity contribution in [3.05, 3.63) is 52.9 Å². The Bertz CT molecular complexity index is 805. The predicted octanol–water partition coefficient (Wildman–Crippen LogP) is 3.08. The van der Waals surface area contributed by atoms with E-state index in [-0.39, 0.29) is 11.1 Å². The molecule has 0 radical (unpaired) electrons. The van der Waals surface area contributed by atoms with Crippen LogP contribution in [0.3, 0.4) is 0 Å². The van der Waals surface area contributed by atoms with Gasteiger partial charge in [-0.05, 0) is 12.5 Å². The predicted molar refractivity (Wildman–Crippen MR) is 85.0 cm³/mol. The lowest BCUT2D eigenvalue weighted by molar-refractivity contribution is 0.840. The summed E-state index contributed by atoms with van der Waals surface area (Å²) in [6, 6.07) is 8.32. The minimum absolute atomic E-state index is 0.150. The summed E-state index contributed by atoms with van der Waals surface area (Å²) in [7, 11) is 0. The molecule has 3 rings (SSSR count). The van der Waals surface area contributed by atoms with Gasteiger partial charge >= 0.3 is 0 Å². The van der Waals surface area contributed by atoms with Crippen molar-refractivity contribution in [2.45, 2.75) is 13.5 Å². The lowest BCUT2D eigenvalue weighted by Crippen LogP contribution is -2.00. The molecule has 0 aliphatic rings. The zero-order chi connectivity index (χ0) is 14.8. The summed E-state index contributed by atoms with van der Waals surface area (Å²) in [6.07, 6.45) is 5.78. The van der Waals surface area contributed by atoms with Gasteiger partial charge in [0.05, 0.1) is 6.33 Å². The van der Waals surface area contributed by atoms with Gasteiger partial charge in [-0.15, -0.1) is 0 Å². The summed E-state index contributed by atoms with van der Waals surface area (Å²) in [6.45, 7) is 2.70. The number of halogens is 1. The summed E-state index contributed by atoms with van der Waals surface area (Å²) in [5.74, 6) is 0.150. The number of hydrogen-bond acceptors (Lipinski definition) is 4. The van der Waals surface area contributed by atoms with Gasteiger partial charge in [0.25, 0.3) is 0 Å². The fraction of sp³-hybridized carbons (Fsp3) is 0.133. The average molecular weight is 300 g/mol. The first-order valence-electron chi connectivity index (χ1n) is 6.50. The van der Waals surface area contributed by atoms with E-state index in [0.29, 0.717) is 17.7 Å². The van der Waals surface area contributed by atoms with Crippen molar-refractivity contribution >= 4 is 34.8 Å². The molecule has 2 aromatic heterocycles. The Morgan fingerprint density at radius 2 is 2.00 bits per heavy atom. The van der Waals surface area contributed by atoms with Crippen LogP contribution < -0.4 is 5.73 Å². The quantitative estimate of drug-likeness (QED) is 0.755. The SMILES string of the molecule is Cc1ccc(/C=C/Cn2cnc3c(Cl)nc(N)nc32)cc1. The van der Waals surface area contributed by atoms with Crippen LogP contribution in [0.2, 0.25) is 5.15 Å². The molecule has 3 aromatic rings. The Labute approximate surface area is 127 Å². The number of nitrogens with zero attached hydrogens (tertiary/aromatic N) is 4. The van der Waals surface area contributed by atoms with Gasteiger partial charge in [0.15, 0.2) is 10.8 Å². The molecule has 0 aliphatic carbocycles. The van der Waals surface area contributed by atoms with Gasteiger partial charge in [-0.3, -0.25) is 0 Å². The van der Waals surface area contributed by atoms with E-state index in [1.54, 1.807) is 6.33 Å². The van der Waals surface area contributed by atoms with Gasteiger partial charge in [-0.2, -0.15) is 9.97 Å². The summed E-state index contributed by atoms with van der Waals surface area (Å²) in [5.41, 5.74) is 9.22. The molecule has 0 atom stereocenters. The number of fused-ring (bicyclic) bond motifs is 1. The van der Waals surface area contributed by atoms with Crippen LogP contribution in [-0.4, -0.2) is 19.5 Å². The van der Waals surface area contributed by atoms with Crippen LogP contribution in [0.25, 0.3) is 17.2 Å². The molecule has 5 nitrogen and oxygen atoms in total. The first kappa shape index (κ1) is 13.6. The number of rotatable bonds is 3. The highest BCUT2D eigenvalue weighted by molar-refractivity contribution is 6.33. The number of allylic oxidation sites excluding steroid dienone is 1. The Kier molecular flexibility index (Phi) is 3.58. The zero-order valence-corrected chi connectivity index (χ0v) is 12.2. The van der Waals surface area contributed by atoms with E-state index < -0.39 is 0 Å². The topological polar surface area (TPSA) is 69.6 Å². The van der Waals surface area contributed by atoms with Crippen molar-refractivity contribution in [3.8, 4) is 0 Å². The maximum Gasteiger partial charge on any atom is 0.223 e. The number of hydrogen-bond donors (Lipinski definition) is 1. The summed E-state index contributed by atoms with van der Waals surface area (Å²) >= 11 is 6.00. The molecule has 21 heavy (non-hydrogen) atoms. The van der Waals surface area contributed by atoms with E-state index in [9.17, 15) is 0 Å². The number of nitrogen functional groups attached to an aromatic ring is 1. The van der Waals surface area contributed by atoms with Gasteiger partial charge in [0.1, 0.15) is 5.52 Å². The maximum atomic E-state index is 6.00. The van der Waals surface area contributed by atoms with Crippen LogP contribution in [0.4, 0.5) is 5.95 Å². The molecule has 0 fully saturated rings. The third-order valence-corrected chi connectivity index (χ3v) is 3.39. The van der Waals surface area contributed by atoms with Crippen molar-refractivity contribution in [3.63, 3.8) is 0 Å². The Morgan fingerprint density at radius 3 is 2.76 bits per heavy atom. The molecule has 0 saturated carbocycles. The second-order valence-electron chi connectivity index (χ2n) is 4.75. The number of aromatic nitrogens is 4. The van der Waals surface area contributed by atoms with Crippen LogP contribution in [0.1, 0.15) is 11.1 Å². The highest BCUT2D eigenvalue weighted by Crippen LogP contribution is 2.19. The molecular formula is C15H14ClN5. The number of benzene rings is 1. The van der Waals surface area contributed by atoms with Crippen molar-refractivity contribution in [1.82, 2.24) is 19.5 Å². The summed E-state index contributed by atoms with van der Waals surface area (Å²) in [5, 5.41) is 0.277. The van der Waals surface area contributed by atoms with Crippen LogP contribution in [0.15, 0.2) is 36.7 Å². The first-order chi connectivity index (χ1) is 10.1. The molecule has 0 saturated heterocycles. The molecule has 2 heterocycles. The Hall–Kier alpha value is -2.40. The second-order valence-corrected chi connectivity index (χ2v) is 5.11. The van der Waals surface area contributed by atoms with E-state index in [1.807, 2.05) is 10.6 Å². The van der Waals surface area contributed by atoms with Gasteiger partial charge in [-0.1, -0.05) is 53.6 Å². The van der Waals surface area contributed by atoms with Crippen molar-refractivity contribution in [2.75, 3.05) is 5.73 Å². The third-order valence-electron chi connectivity index (χ3n) is 3.13. The van der Waals surface area contributed by atoms with E-state index in [2.05, 4.69) is 52.2 Å². The molecule has 0 spiro atoms. The number of anilines is 1. The number of imidazole rings is 1. The Morgan fingerprint density at radius 1 is 1.24 bits per heavy atom. The normalized spacial score (nSPS) is 11.5. The molecule has 0 aliphatic heterocycles. The highest BCUT2D eigenvalue weighted by atomic mass is 35.5. The fourth-order valence-corrected chi connectivity index (χ4v) is 2.26. The molecule has 6 heteroatoms. The van der Waals surface area contributed by atoms with Crippen LogP contribution >= 0.6 is 11.6 Å². The number of aryl methyl sites for hydroxylation is 1. The standard InChI is InChI=1S/C15H14ClN5/c1-10-4-6-11(7-5-10)3-2-8-21-9-18-12-13(16)19-15(17)20-14(12)21/h2-7,9H,8H2,1H3,(H2,17,19,20)/b3-2+. The van der Waals surface area contributed by atoms with E-state index in [4.69, 9.17) is 17.3 Å². The monoisotopic (exact) mass is 299 g/mol. The van der Waals surface area contributed by atoms with E-state index in [1.165, 1.54) is 5.56 Å². The lowest BCUT2D eigenvalue weighted by Gasteiger charge is -2.00. The largest absolute Gasteiger partial charge is 0.368 e. The number of nitrogens with two attached hydrogens (primary N) is 1. The Balaban J connectivity index is 1.84. The van der Waals surface area contributed by atoms with Crippen molar-refractivity contribution < 1.29 is 0 Å². The van der Waals surface area contributed by atoms with Crippen molar-refractivity contribution in [1.29, 1.82) is 0 Å². The van der Waals surface area contributed by atoms with Crippen LogP contribution in [0, 0.1) is 6.92 Å². The molecular weight excluding hydrogens is 286 g/mol. The first-order valence-corrected chi connectivity index (χ1v) is 6.88. The molecule has 0 amide bonds. The summed E-state index contributed by atoms with van der Waals surface area (Å²) in [4.78, 5) is 12.3. The molecule has 0 bridgehead atoms. The van der Waals surface area contributed by atoms with Gasteiger partial charge in [0.2, 0.25) is 5.95 Å². The van der Waals surface area contributed by atoms with E-state index in [0.717, 1.165) is 5.56 Å².